The number of hydrogen-bond donors (Lipinski definition) is 2. The molecule has 1 amide bonds. The van der Waals surface area contributed by atoms with Crippen LogP contribution in [0.4, 0.5) is 5.69 Å². The Kier molecular flexibility index (Phi) is 4.84. The van der Waals surface area contributed by atoms with Crippen LogP contribution in [0.1, 0.15) is 5.56 Å². The number of anilines is 1. The summed E-state index contributed by atoms with van der Waals surface area (Å²) in [6.07, 6.45) is 0.322. The van der Waals surface area contributed by atoms with Gasteiger partial charge in [0.05, 0.1) is 33.1 Å². The highest BCUT2D eigenvalue weighted by Gasteiger charge is 2.13. The minimum atomic E-state index is -0.0746. The van der Waals surface area contributed by atoms with Crippen LogP contribution in [-0.4, -0.2) is 15.9 Å². The van der Waals surface area contributed by atoms with E-state index in [9.17, 15) is 4.79 Å². The Morgan fingerprint density at radius 1 is 0.963 bits per heavy atom. The predicted octanol–water partition coefficient (Wildman–Crippen LogP) is 5.72. The van der Waals surface area contributed by atoms with Gasteiger partial charge in [0.25, 0.3) is 0 Å². The molecule has 4 rings (SSSR count). The van der Waals surface area contributed by atoms with Crippen LogP contribution in [0.15, 0.2) is 66.7 Å². The summed E-state index contributed by atoms with van der Waals surface area (Å²) in [6, 6.07) is 20.5. The maximum absolute atomic E-state index is 12.3. The lowest BCUT2D eigenvalue weighted by Gasteiger charge is -2.05. The molecule has 0 aliphatic rings. The first-order valence-corrected chi connectivity index (χ1v) is 9.14. The van der Waals surface area contributed by atoms with E-state index in [1.165, 1.54) is 0 Å². The van der Waals surface area contributed by atoms with Crippen molar-refractivity contribution in [3.8, 4) is 11.4 Å². The van der Waals surface area contributed by atoms with Crippen molar-refractivity contribution in [3.05, 3.63) is 82.3 Å². The number of rotatable bonds is 4. The summed E-state index contributed by atoms with van der Waals surface area (Å²) in [5.41, 5.74) is 3.88. The zero-order chi connectivity index (χ0) is 18.8. The highest BCUT2D eigenvalue weighted by molar-refractivity contribution is 6.39. The quantitative estimate of drug-likeness (QED) is 0.464. The molecule has 0 bridgehead atoms. The molecule has 134 valence electrons. The van der Waals surface area contributed by atoms with Gasteiger partial charge >= 0.3 is 0 Å². The van der Waals surface area contributed by atoms with Crippen LogP contribution in [-0.2, 0) is 11.2 Å². The van der Waals surface area contributed by atoms with E-state index in [-0.39, 0.29) is 5.91 Å². The molecule has 0 atom stereocenters. The van der Waals surface area contributed by atoms with Crippen molar-refractivity contribution in [1.29, 1.82) is 0 Å². The molecular formula is C21H15Cl2N3O. The monoisotopic (exact) mass is 395 g/mol. The van der Waals surface area contributed by atoms with Crippen molar-refractivity contribution in [3.63, 3.8) is 0 Å². The average Bonchev–Trinajstić information content (AvgIpc) is 3.05. The van der Waals surface area contributed by atoms with Crippen LogP contribution in [0.25, 0.3) is 22.4 Å². The van der Waals surface area contributed by atoms with E-state index in [1.807, 2.05) is 48.5 Å². The first-order chi connectivity index (χ1) is 13.1. The molecule has 27 heavy (non-hydrogen) atoms. The third-order valence-electron chi connectivity index (χ3n) is 4.17. The topological polar surface area (TPSA) is 57.8 Å². The number of halogens is 2. The Balaban J connectivity index is 1.59. The normalized spacial score (nSPS) is 10.9. The Morgan fingerprint density at radius 3 is 2.44 bits per heavy atom. The molecule has 0 aliphatic carbocycles. The van der Waals surface area contributed by atoms with Crippen molar-refractivity contribution in [2.24, 2.45) is 0 Å². The van der Waals surface area contributed by atoms with Crippen LogP contribution < -0.4 is 5.32 Å². The van der Waals surface area contributed by atoms with Gasteiger partial charge in [0, 0.05) is 5.69 Å². The number of aromatic amines is 1. The molecular weight excluding hydrogens is 381 g/mol. The molecule has 0 fully saturated rings. The van der Waals surface area contributed by atoms with Crippen molar-refractivity contribution in [2.45, 2.75) is 6.42 Å². The van der Waals surface area contributed by atoms with Crippen LogP contribution in [0.5, 0.6) is 0 Å². The molecule has 0 aliphatic heterocycles. The number of nitrogens with one attached hydrogen (secondary N) is 2. The minimum Gasteiger partial charge on any atom is -0.338 e. The molecule has 6 heteroatoms. The first-order valence-electron chi connectivity index (χ1n) is 8.38. The van der Waals surface area contributed by atoms with Crippen LogP contribution >= 0.6 is 23.2 Å². The number of benzene rings is 3. The summed E-state index contributed by atoms with van der Waals surface area (Å²) in [6.45, 7) is 0. The van der Waals surface area contributed by atoms with E-state index in [4.69, 9.17) is 23.2 Å². The van der Waals surface area contributed by atoms with Gasteiger partial charge in [-0.05, 0) is 35.9 Å². The van der Waals surface area contributed by atoms with Crippen LogP contribution in [0, 0.1) is 0 Å². The van der Waals surface area contributed by atoms with Gasteiger partial charge in [0.2, 0.25) is 5.91 Å². The highest BCUT2D eigenvalue weighted by Crippen LogP contribution is 2.34. The molecule has 0 radical (unpaired) electrons. The number of amides is 1. The number of imidazole rings is 1. The van der Waals surface area contributed by atoms with E-state index >= 15 is 0 Å². The lowest BCUT2D eigenvalue weighted by atomic mass is 10.1. The second-order valence-electron chi connectivity index (χ2n) is 6.12. The number of carbonyl (C=O) groups excluding carboxylic acids is 1. The summed E-state index contributed by atoms with van der Waals surface area (Å²) in [5.74, 6) is 0.516. The Labute approximate surface area is 166 Å². The maximum atomic E-state index is 12.3. The number of nitrogens with zero attached hydrogens (tertiary/aromatic N) is 1. The molecule has 4 aromatic rings. The Hall–Kier alpha value is -2.82. The molecule has 2 N–H and O–H groups in total. The lowest BCUT2D eigenvalue weighted by molar-refractivity contribution is -0.115. The summed E-state index contributed by atoms with van der Waals surface area (Å²) < 4.78 is 0. The fourth-order valence-electron chi connectivity index (χ4n) is 2.92. The number of H-pyrrole nitrogens is 1. The second kappa shape index (κ2) is 7.43. The standard InChI is InChI=1S/C21H15Cl2N3O/c22-15-7-4-8-16(23)20(15)21-25-17-10-9-14(12-18(17)26-21)24-19(27)11-13-5-2-1-3-6-13/h1-10,12H,11H2,(H,24,27)(H,25,26). The molecule has 0 saturated carbocycles. The van der Waals surface area contributed by atoms with Gasteiger partial charge in [-0.1, -0.05) is 59.6 Å². The summed E-state index contributed by atoms with van der Waals surface area (Å²) >= 11 is 12.5. The summed E-state index contributed by atoms with van der Waals surface area (Å²) in [4.78, 5) is 20.0. The second-order valence-corrected chi connectivity index (χ2v) is 6.94. The zero-order valence-corrected chi connectivity index (χ0v) is 15.7. The van der Waals surface area contributed by atoms with Crippen molar-refractivity contribution in [1.82, 2.24) is 9.97 Å². The average molecular weight is 396 g/mol. The molecule has 3 aromatic carbocycles. The fraction of sp³-hybridized carbons (Fsp3) is 0.0476. The van der Waals surface area contributed by atoms with Crippen LogP contribution in [0.2, 0.25) is 10.0 Å². The minimum absolute atomic E-state index is 0.0746. The van der Waals surface area contributed by atoms with Gasteiger partial charge in [0.1, 0.15) is 5.82 Å². The van der Waals surface area contributed by atoms with Gasteiger partial charge in [-0.15, -0.1) is 0 Å². The van der Waals surface area contributed by atoms with E-state index in [0.29, 0.717) is 33.5 Å². The fourth-order valence-corrected chi connectivity index (χ4v) is 3.49. The van der Waals surface area contributed by atoms with Crippen molar-refractivity contribution >= 4 is 45.8 Å². The van der Waals surface area contributed by atoms with E-state index < -0.39 is 0 Å². The van der Waals surface area contributed by atoms with E-state index in [1.54, 1.807) is 18.2 Å². The molecule has 4 nitrogen and oxygen atoms in total. The van der Waals surface area contributed by atoms with Gasteiger partial charge in [0.15, 0.2) is 0 Å². The highest BCUT2D eigenvalue weighted by atomic mass is 35.5. The Bertz CT molecular complexity index is 1100. The Morgan fingerprint density at radius 2 is 1.70 bits per heavy atom. The van der Waals surface area contributed by atoms with Crippen molar-refractivity contribution in [2.75, 3.05) is 5.32 Å². The van der Waals surface area contributed by atoms with Gasteiger partial charge in [-0.2, -0.15) is 0 Å². The molecule has 1 aromatic heterocycles. The molecule has 0 unspecified atom stereocenters. The smallest absolute Gasteiger partial charge is 0.228 e. The molecule has 0 saturated heterocycles. The van der Waals surface area contributed by atoms with Gasteiger partial charge in [-0.3, -0.25) is 4.79 Å². The molecule has 1 heterocycles. The third-order valence-corrected chi connectivity index (χ3v) is 4.80. The number of aromatic nitrogens is 2. The number of carbonyl (C=O) groups is 1. The SMILES string of the molecule is O=C(Cc1ccccc1)Nc1ccc2nc(-c3c(Cl)cccc3Cl)[nH]c2c1. The number of hydrogen-bond acceptors (Lipinski definition) is 2. The van der Waals surface area contributed by atoms with Gasteiger partial charge in [-0.25, -0.2) is 4.98 Å². The number of fused-ring (bicyclic) bond motifs is 1. The third kappa shape index (κ3) is 3.82. The first kappa shape index (κ1) is 17.6. The molecule has 0 spiro atoms. The van der Waals surface area contributed by atoms with Crippen LogP contribution in [0.3, 0.4) is 0 Å². The van der Waals surface area contributed by atoms with Crippen molar-refractivity contribution < 1.29 is 4.79 Å². The lowest BCUT2D eigenvalue weighted by Crippen LogP contribution is -2.14. The van der Waals surface area contributed by atoms with Gasteiger partial charge < -0.3 is 10.3 Å². The predicted molar refractivity (Wildman–Crippen MR) is 110 cm³/mol. The summed E-state index contributed by atoms with van der Waals surface area (Å²) in [7, 11) is 0. The largest absolute Gasteiger partial charge is 0.338 e. The summed E-state index contributed by atoms with van der Waals surface area (Å²) in [5, 5.41) is 3.97. The van der Waals surface area contributed by atoms with E-state index in [0.717, 1.165) is 16.6 Å². The zero-order valence-electron chi connectivity index (χ0n) is 14.2. The van der Waals surface area contributed by atoms with E-state index in [2.05, 4.69) is 15.3 Å². The maximum Gasteiger partial charge on any atom is 0.228 e.